The molecule has 2 unspecified atom stereocenters. The molecule has 0 bridgehead atoms. The minimum absolute atomic E-state index is 0.0808. The Bertz CT molecular complexity index is 233. The zero-order chi connectivity index (χ0) is 11.8. The molecule has 0 amide bonds. The summed E-state index contributed by atoms with van der Waals surface area (Å²) in [6.45, 7) is 5.13. The Morgan fingerprint density at radius 3 is 3.00 bits per heavy atom. The van der Waals surface area contributed by atoms with E-state index in [-0.39, 0.29) is 12.3 Å². The summed E-state index contributed by atoms with van der Waals surface area (Å²) in [5, 5.41) is 0. The molecule has 3 nitrogen and oxygen atoms in total. The van der Waals surface area contributed by atoms with Crippen LogP contribution in [0.5, 0.6) is 0 Å². The number of hydrogen-bond acceptors (Lipinski definition) is 3. The van der Waals surface area contributed by atoms with Gasteiger partial charge in [0.2, 0.25) is 0 Å². The fourth-order valence-corrected chi connectivity index (χ4v) is 1.92. The second kappa shape index (κ2) is 7.58. The van der Waals surface area contributed by atoms with Crippen molar-refractivity contribution < 1.29 is 0 Å². The molecule has 1 rings (SSSR count). The number of unbranched alkanes of at least 4 members (excludes halogenated alkanes) is 4. The van der Waals surface area contributed by atoms with Crippen molar-refractivity contribution in [3.8, 4) is 0 Å². The second-order valence-electron chi connectivity index (χ2n) is 4.46. The van der Waals surface area contributed by atoms with Gasteiger partial charge in [0.05, 0.1) is 6.17 Å². The summed E-state index contributed by atoms with van der Waals surface area (Å²) >= 11 is 0. The van der Waals surface area contributed by atoms with Gasteiger partial charge in [-0.2, -0.15) is 0 Å². The molecule has 0 aliphatic carbocycles. The number of nitrogens with two attached hydrogens (primary N) is 1. The summed E-state index contributed by atoms with van der Waals surface area (Å²) in [5.41, 5.74) is 5.87. The van der Waals surface area contributed by atoms with Crippen molar-refractivity contribution in [2.45, 2.75) is 58.3 Å². The first-order chi connectivity index (χ1) is 7.75. The van der Waals surface area contributed by atoms with Crippen LogP contribution in [-0.4, -0.2) is 30.0 Å². The van der Waals surface area contributed by atoms with Gasteiger partial charge in [0.1, 0.15) is 6.17 Å². The van der Waals surface area contributed by atoms with Gasteiger partial charge in [-0.05, 0) is 25.8 Å². The molecule has 0 saturated carbocycles. The maximum atomic E-state index is 5.87. The van der Waals surface area contributed by atoms with Gasteiger partial charge in [-0.3, -0.25) is 9.89 Å². The zero-order valence-corrected chi connectivity index (χ0v) is 10.6. The third kappa shape index (κ3) is 4.45. The molecule has 0 spiro atoms. The summed E-state index contributed by atoms with van der Waals surface area (Å²) < 4.78 is 0. The standard InChI is InChI=1S/C13H25N3/c1-3-4-5-6-7-8-9-13-15-10-11-16(13)12(2)14/h8-10,12-13H,3-7,11,14H2,1-2H3/b9-8+. The molecule has 16 heavy (non-hydrogen) atoms. The number of hydrogen-bond donors (Lipinski definition) is 1. The van der Waals surface area contributed by atoms with E-state index in [2.05, 4.69) is 29.0 Å². The van der Waals surface area contributed by atoms with Crippen LogP contribution >= 0.6 is 0 Å². The molecule has 2 N–H and O–H groups in total. The molecule has 0 aromatic rings. The smallest absolute Gasteiger partial charge is 0.122 e. The van der Waals surface area contributed by atoms with Gasteiger partial charge < -0.3 is 5.73 Å². The summed E-state index contributed by atoms with van der Waals surface area (Å²) in [6, 6.07) is 0. The van der Waals surface area contributed by atoms with Crippen LogP contribution in [0.1, 0.15) is 46.0 Å². The molecular formula is C13H25N3. The number of aliphatic imine (C=N–C) groups is 1. The van der Waals surface area contributed by atoms with E-state index in [1.165, 1.54) is 32.1 Å². The molecule has 0 radical (unpaired) electrons. The lowest BCUT2D eigenvalue weighted by Gasteiger charge is -2.24. The highest BCUT2D eigenvalue weighted by Crippen LogP contribution is 2.11. The number of nitrogens with zero attached hydrogens (tertiary/aromatic N) is 2. The molecule has 1 aliphatic heterocycles. The molecule has 1 aliphatic rings. The fraction of sp³-hybridized carbons (Fsp3) is 0.769. The van der Waals surface area contributed by atoms with E-state index in [1.54, 1.807) is 0 Å². The summed E-state index contributed by atoms with van der Waals surface area (Å²) in [7, 11) is 0. The fourth-order valence-electron chi connectivity index (χ4n) is 1.92. The van der Waals surface area contributed by atoms with Crippen LogP contribution in [0.3, 0.4) is 0 Å². The largest absolute Gasteiger partial charge is 0.316 e. The lowest BCUT2D eigenvalue weighted by atomic mass is 10.1. The quantitative estimate of drug-likeness (QED) is 0.532. The van der Waals surface area contributed by atoms with E-state index in [4.69, 9.17) is 5.73 Å². The second-order valence-corrected chi connectivity index (χ2v) is 4.46. The van der Waals surface area contributed by atoms with E-state index < -0.39 is 0 Å². The van der Waals surface area contributed by atoms with E-state index in [1.807, 2.05) is 13.1 Å². The average Bonchev–Trinajstić information content (AvgIpc) is 2.71. The van der Waals surface area contributed by atoms with E-state index >= 15 is 0 Å². The Labute approximate surface area is 99.4 Å². The summed E-state index contributed by atoms with van der Waals surface area (Å²) in [4.78, 5) is 6.59. The zero-order valence-electron chi connectivity index (χ0n) is 10.6. The first-order valence-corrected chi connectivity index (χ1v) is 6.45. The van der Waals surface area contributed by atoms with Crippen LogP contribution in [0.4, 0.5) is 0 Å². The third-order valence-electron chi connectivity index (χ3n) is 2.95. The molecule has 2 atom stereocenters. The summed E-state index contributed by atoms with van der Waals surface area (Å²) in [5.74, 6) is 0. The Kier molecular flexibility index (Phi) is 6.34. The molecule has 0 saturated heterocycles. The highest BCUT2D eigenvalue weighted by atomic mass is 15.3. The maximum absolute atomic E-state index is 5.87. The van der Waals surface area contributed by atoms with Crippen LogP contribution < -0.4 is 5.73 Å². The van der Waals surface area contributed by atoms with Crippen molar-refractivity contribution in [1.29, 1.82) is 0 Å². The molecular weight excluding hydrogens is 198 g/mol. The predicted octanol–water partition coefficient (Wildman–Crippen LogP) is 2.53. The van der Waals surface area contributed by atoms with Crippen LogP contribution in [0.15, 0.2) is 17.1 Å². The highest BCUT2D eigenvalue weighted by Gasteiger charge is 2.20. The Balaban J connectivity index is 2.20. The van der Waals surface area contributed by atoms with Crippen molar-refractivity contribution in [1.82, 2.24) is 4.90 Å². The monoisotopic (exact) mass is 223 g/mol. The van der Waals surface area contributed by atoms with Gasteiger partial charge in [0.15, 0.2) is 0 Å². The van der Waals surface area contributed by atoms with E-state index in [9.17, 15) is 0 Å². The van der Waals surface area contributed by atoms with Crippen LogP contribution in [0.2, 0.25) is 0 Å². The van der Waals surface area contributed by atoms with Crippen LogP contribution in [0.25, 0.3) is 0 Å². The lowest BCUT2D eigenvalue weighted by Crippen LogP contribution is -2.42. The minimum atomic E-state index is 0.0808. The predicted molar refractivity (Wildman–Crippen MR) is 70.5 cm³/mol. The van der Waals surface area contributed by atoms with E-state index in [0.29, 0.717) is 0 Å². The lowest BCUT2D eigenvalue weighted by molar-refractivity contribution is 0.224. The molecule has 0 fully saturated rings. The molecule has 0 aromatic carbocycles. The molecule has 92 valence electrons. The number of allylic oxidation sites excluding steroid dienone is 1. The van der Waals surface area contributed by atoms with Gasteiger partial charge in [-0.25, -0.2) is 0 Å². The first kappa shape index (κ1) is 13.4. The normalized spacial score (nSPS) is 23.3. The Hall–Kier alpha value is -0.670. The third-order valence-corrected chi connectivity index (χ3v) is 2.95. The molecule has 3 heteroatoms. The van der Waals surface area contributed by atoms with Crippen LogP contribution in [-0.2, 0) is 0 Å². The minimum Gasteiger partial charge on any atom is -0.316 e. The SMILES string of the molecule is CCCCCC/C=C/C1N=CCN1C(C)N. The molecule has 0 aromatic heterocycles. The van der Waals surface area contributed by atoms with Gasteiger partial charge in [0.25, 0.3) is 0 Å². The van der Waals surface area contributed by atoms with Gasteiger partial charge in [-0.15, -0.1) is 0 Å². The van der Waals surface area contributed by atoms with Gasteiger partial charge in [0, 0.05) is 12.8 Å². The Morgan fingerprint density at radius 2 is 2.31 bits per heavy atom. The van der Waals surface area contributed by atoms with Crippen molar-refractivity contribution in [3.63, 3.8) is 0 Å². The number of rotatable bonds is 7. The van der Waals surface area contributed by atoms with Gasteiger partial charge >= 0.3 is 0 Å². The Morgan fingerprint density at radius 1 is 1.50 bits per heavy atom. The van der Waals surface area contributed by atoms with Crippen molar-refractivity contribution in [2.24, 2.45) is 10.7 Å². The van der Waals surface area contributed by atoms with E-state index in [0.717, 1.165) is 6.54 Å². The van der Waals surface area contributed by atoms with Crippen LogP contribution in [0, 0.1) is 0 Å². The highest BCUT2D eigenvalue weighted by molar-refractivity contribution is 5.62. The average molecular weight is 223 g/mol. The van der Waals surface area contributed by atoms with Crippen molar-refractivity contribution >= 4 is 6.21 Å². The van der Waals surface area contributed by atoms with Crippen molar-refractivity contribution in [2.75, 3.05) is 6.54 Å². The summed E-state index contributed by atoms with van der Waals surface area (Å²) in [6.07, 6.45) is 13.1. The topological polar surface area (TPSA) is 41.6 Å². The maximum Gasteiger partial charge on any atom is 0.122 e. The van der Waals surface area contributed by atoms with Crippen molar-refractivity contribution in [3.05, 3.63) is 12.2 Å². The first-order valence-electron chi connectivity index (χ1n) is 6.45. The van der Waals surface area contributed by atoms with Gasteiger partial charge in [-0.1, -0.05) is 32.3 Å². The molecule has 1 heterocycles.